The van der Waals surface area contributed by atoms with Crippen LogP contribution in [0.2, 0.25) is 0 Å². The minimum atomic E-state index is -1.56. The Balaban J connectivity index is 2.67. The van der Waals surface area contributed by atoms with Gasteiger partial charge in [-0.15, -0.1) is 0 Å². The summed E-state index contributed by atoms with van der Waals surface area (Å²) in [5.41, 5.74) is 0. The van der Waals surface area contributed by atoms with E-state index in [4.69, 9.17) is 9.47 Å². The van der Waals surface area contributed by atoms with Crippen molar-refractivity contribution in [3.63, 3.8) is 0 Å². The second-order valence-electron chi connectivity index (χ2n) is 8.78. The highest BCUT2D eigenvalue weighted by atomic mass is 16.7. The molecular weight excluding hydrogens is 430 g/mol. The largest absolute Gasteiger partial charge is 0.394 e. The van der Waals surface area contributed by atoms with E-state index in [1.54, 1.807) is 6.08 Å². The SMILES string of the molecule is CCCCCCC/C=C/C(O)C(COC1OC(CO)C(O)C(O)C1O)NC(=O)CCCCC. The number of aliphatic hydroxyl groups is 5. The fourth-order valence-electron chi connectivity index (χ4n) is 3.68. The lowest BCUT2D eigenvalue weighted by Gasteiger charge is -2.40. The summed E-state index contributed by atoms with van der Waals surface area (Å²) in [4.78, 5) is 12.3. The van der Waals surface area contributed by atoms with Gasteiger partial charge in [0.25, 0.3) is 0 Å². The second-order valence-corrected chi connectivity index (χ2v) is 8.78. The van der Waals surface area contributed by atoms with Crippen LogP contribution in [0.5, 0.6) is 0 Å². The molecule has 9 nitrogen and oxygen atoms in total. The minimum absolute atomic E-state index is 0.190. The highest BCUT2D eigenvalue weighted by Gasteiger charge is 2.44. The quantitative estimate of drug-likeness (QED) is 0.136. The van der Waals surface area contributed by atoms with E-state index in [9.17, 15) is 30.3 Å². The summed E-state index contributed by atoms with van der Waals surface area (Å²) in [6, 6.07) is -0.789. The zero-order valence-electron chi connectivity index (χ0n) is 20.1. The van der Waals surface area contributed by atoms with E-state index in [1.165, 1.54) is 19.3 Å². The highest BCUT2D eigenvalue weighted by molar-refractivity contribution is 5.76. The van der Waals surface area contributed by atoms with Crippen molar-refractivity contribution in [3.8, 4) is 0 Å². The maximum atomic E-state index is 12.3. The molecule has 1 heterocycles. The lowest BCUT2D eigenvalue weighted by Crippen LogP contribution is -2.60. The average Bonchev–Trinajstić information content (AvgIpc) is 2.80. The van der Waals surface area contributed by atoms with Gasteiger partial charge in [0.15, 0.2) is 6.29 Å². The molecule has 1 fully saturated rings. The van der Waals surface area contributed by atoms with Gasteiger partial charge in [0.05, 0.1) is 25.4 Å². The van der Waals surface area contributed by atoms with Crippen LogP contribution in [0.4, 0.5) is 0 Å². The average molecular weight is 476 g/mol. The predicted octanol–water partition coefficient (Wildman–Crippen LogP) is 1.15. The summed E-state index contributed by atoms with van der Waals surface area (Å²) in [6.07, 6.45) is 5.08. The molecule has 7 unspecified atom stereocenters. The van der Waals surface area contributed by atoms with Gasteiger partial charge in [-0.1, -0.05) is 64.5 Å². The Bertz CT molecular complexity index is 545. The minimum Gasteiger partial charge on any atom is -0.394 e. The van der Waals surface area contributed by atoms with Crippen LogP contribution in [-0.4, -0.2) is 87.5 Å². The van der Waals surface area contributed by atoms with Crippen LogP contribution < -0.4 is 5.32 Å². The van der Waals surface area contributed by atoms with Crippen LogP contribution in [0.25, 0.3) is 0 Å². The first kappa shape index (κ1) is 30.0. The van der Waals surface area contributed by atoms with Crippen LogP contribution in [0.15, 0.2) is 12.2 Å². The molecule has 9 heteroatoms. The van der Waals surface area contributed by atoms with Crippen molar-refractivity contribution in [2.75, 3.05) is 13.2 Å². The van der Waals surface area contributed by atoms with Gasteiger partial charge in [0.2, 0.25) is 5.91 Å². The molecule has 194 valence electrons. The van der Waals surface area contributed by atoms with Crippen molar-refractivity contribution in [2.24, 2.45) is 0 Å². The van der Waals surface area contributed by atoms with E-state index in [0.717, 1.165) is 38.5 Å². The van der Waals surface area contributed by atoms with Gasteiger partial charge >= 0.3 is 0 Å². The number of allylic oxidation sites excluding steroid dienone is 1. The summed E-state index contributed by atoms with van der Waals surface area (Å²) in [5.74, 6) is -0.210. The normalized spacial score (nSPS) is 27.5. The summed E-state index contributed by atoms with van der Waals surface area (Å²) >= 11 is 0. The molecule has 0 aliphatic carbocycles. The zero-order valence-corrected chi connectivity index (χ0v) is 20.1. The Morgan fingerprint density at radius 2 is 1.67 bits per heavy atom. The highest BCUT2D eigenvalue weighted by Crippen LogP contribution is 2.22. The number of ether oxygens (including phenoxy) is 2. The number of unbranched alkanes of at least 4 members (excludes halogenated alkanes) is 7. The number of aliphatic hydroxyl groups excluding tert-OH is 5. The molecule has 0 radical (unpaired) electrons. The maximum absolute atomic E-state index is 12.3. The fourth-order valence-corrected chi connectivity index (χ4v) is 3.68. The molecule has 0 aromatic heterocycles. The number of carbonyl (C=O) groups is 1. The Kier molecular flexibility index (Phi) is 15.8. The van der Waals surface area contributed by atoms with Gasteiger partial charge in [-0.25, -0.2) is 0 Å². The topological polar surface area (TPSA) is 149 Å². The summed E-state index contributed by atoms with van der Waals surface area (Å²) in [5, 5.41) is 52.7. The van der Waals surface area contributed by atoms with E-state index < -0.39 is 49.5 Å². The van der Waals surface area contributed by atoms with Crippen LogP contribution >= 0.6 is 0 Å². The molecule has 33 heavy (non-hydrogen) atoms. The van der Waals surface area contributed by atoms with Crippen LogP contribution in [0, 0.1) is 0 Å². The Labute approximate surface area is 197 Å². The third-order valence-electron chi connectivity index (χ3n) is 5.86. The van der Waals surface area contributed by atoms with Gasteiger partial charge < -0.3 is 40.3 Å². The van der Waals surface area contributed by atoms with Crippen molar-refractivity contribution in [1.29, 1.82) is 0 Å². The first-order valence-corrected chi connectivity index (χ1v) is 12.4. The molecule has 0 spiro atoms. The van der Waals surface area contributed by atoms with E-state index in [-0.39, 0.29) is 12.5 Å². The number of rotatable bonds is 17. The molecule has 1 amide bonds. The fraction of sp³-hybridized carbons (Fsp3) is 0.875. The predicted molar refractivity (Wildman–Crippen MR) is 124 cm³/mol. The molecule has 7 atom stereocenters. The van der Waals surface area contributed by atoms with Crippen LogP contribution in [0.3, 0.4) is 0 Å². The maximum Gasteiger partial charge on any atom is 0.220 e. The van der Waals surface area contributed by atoms with Gasteiger partial charge in [0, 0.05) is 6.42 Å². The van der Waals surface area contributed by atoms with Gasteiger partial charge in [-0.2, -0.15) is 0 Å². The Morgan fingerprint density at radius 3 is 2.33 bits per heavy atom. The van der Waals surface area contributed by atoms with E-state index >= 15 is 0 Å². The van der Waals surface area contributed by atoms with E-state index in [1.807, 2.05) is 13.0 Å². The molecule has 0 saturated carbocycles. The lowest BCUT2D eigenvalue weighted by molar-refractivity contribution is -0.302. The number of nitrogens with one attached hydrogen (secondary N) is 1. The zero-order chi connectivity index (χ0) is 24.6. The molecular formula is C24H45NO8. The number of hydrogen-bond donors (Lipinski definition) is 6. The van der Waals surface area contributed by atoms with E-state index in [2.05, 4.69) is 12.2 Å². The standard InChI is InChI=1S/C24H45NO8/c1-3-5-7-8-9-10-12-13-18(27)17(25-20(28)14-11-6-4-2)16-32-24-23(31)22(30)21(29)19(15-26)33-24/h12-13,17-19,21-24,26-27,29-31H,3-11,14-16H2,1-2H3,(H,25,28)/b13-12+. The third kappa shape index (κ3) is 11.3. The molecule has 1 aliphatic heterocycles. The molecule has 1 aliphatic rings. The Hall–Kier alpha value is -1.07. The number of carbonyl (C=O) groups excluding carboxylic acids is 1. The van der Waals surface area contributed by atoms with Crippen LogP contribution in [0.1, 0.15) is 78.1 Å². The molecule has 0 aromatic carbocycles. The number of hydrogen-bond acceptors (Lipinski definition) is 8. The molecule has 0 aromatic rings. The smallest absolute Gasteiger partial charge is 0.220 e. The first-order chi connectivity index (χ1) is 15.8. The second kappa shape index (κ2) is 17.4. The summed E-state index contributed by atoms with van der Waals surface area (Å²) in [6.45, 7) is 3.46. The van der Waals surface area contributed by atoms with Crippen molar-refractivity contribution < 1.29 is 39.8 Å². The summed E-state index contributed by atoms with van der Waals surface area (Å²) < 4.78 is 10.9. The van der Waals surface area contributed by atoms with E-state index in [0.29, 0.717) is 6.42 Å². The summed E-state index contributed by atoms with van der Waals surface area (Å²) in [7, 11) is 0. The van der Waals surface area contributed by atoms with Crippen molar-refractivity contribution in [1.82, 2.24) is 5.32 Å². The number of amides is 1. The van der Waals surface area contributed by atoms with Gasteiger partial charge in [-0.3, -0.25) is 4.79 Å². The van der Waals surface area contributed by atoms with Crippen molar-refractivity contribution >= 4 is 5.91 Å². The third-order valence-corrected chi connectivity index (χ3v) is 5.86. The Morgan fingerprint density at radius 1 is 1.00 bits per heavy atom. The van der Waals surface area contributed by atoms with Crippen molar-refractivity contribution in [3.05, 3.63) is 12.2 Å². The van der Waals surface area contributed by atoms with Crippen LogP contribution in [-0.2, 0) is 14.3 Å². The molecule has 1 saturated heterocycles. The lowest BCUT2D eigenvalue weighted by atomic mass is 9.99. The molecule has 1 rings (SSSR count). The van der Waals surface area contributed by atoms with Gasteiger partial charge in [-0.05, 0) is 19.3 Å². The monoisotopic (exact) mass is 475 g/mol. The van der Waals surface area contributed by atoms with Gasteiger partial charge in [0.1, 0.15) is 24.4 Å². The molecule has 0 bridgehead atoms. The molecule has 6 N–H and O–H groups in total. The van der Waals surface area contributed by atoms with Crippen molar-refractivity contribution in [2.45, 2.75) is 121 Å². The first-order valence-electron chi connectivity index (χ1n) is 12.4.